The average Bonchev–Trinajstić information content (AvgIpc) is 3.26. The van der Waals surface area contributed by atoms with Gasteiger partial charge in [0, 0.05) is 35.2 Å². The van der Waals surface area contributed by atoms with Gasteiger partial charge >= 0.3 is 0 Å². The lowest BCUT2D eigenvalue weighted by atomic mass is 9.81. The minimum atomic E-state index is -3.56. The summed E-state index contributed by atoms with van der Waals surface area (Å²) >= 11 is 0. The molecule has 0 unspecified atom stereocenters. The zero-order chi connectivity index (χ0) is 21.8. The molecule has 164 valence electrons. The first-order valence-corrected chi connectivity index (χ1v) is 11.9. The molecule has 2 aromatic carbocycles. The third-order valence-corrected chi connectivity index (χ3v) is 7.41. The number of aromatic amines is 1. The number of benzene rings is 2. The van der Waals surface area contributed by atoms with E-state index in [4.69, 9.17) is 4.74 Å². The highest BCUT2D eigenvalue weighted by atomic mass is 32.2. The fourth-order valence-corrected chi connectivity index (χ4v) is 5.19. The smallest absolute Gasteiger partial charge is 0.240 e. The molecule has 0 atom stereocenters. The van der Waals surface area contributed by atoms with Gasteiger partial charge in [-0.05, 0) is 80.1 Å². The number of ether oxygens (including phenoxy) is 1. The molecule has 1 aliphatic rings. The summed E-state index contributed by atoms with van der Waals surface area (Å²) in [6.07, 6.45) is 5.03. The van der Waals surface area contributed by atoms with Crippen LogP contribution in [0.3, 0.4) is 0 Å². The zero-order valence-corrected chi connectivity index (χ0v) is 18.2. The summed E-state index contributed by atoms with van der Waals surface area (Å²) in [6.45, 7) is 0.382. The van der Waals surface area contributed by atoms with Crippen LogP contribution >= 0.6 is 0 Å². The number of fused-ring (bicyclic) bond motifs is 1. The highest BCUT2D eigenvalue weighted by Gasteiger charge is 2.27. The van der Waals surface area contributed by atoms with Crippen molar-refractivity contribution >= 4 is 32.5 Å². The van der Waals surface area contributed by atoms with Crippen LogP contribution in [-0.4, -0.2) is 33.0 Å². The molecule has 7 nitrogen and oxygen atoms in total. The molecule has 1 amide bonds. The molecule has 31 heavy (non-hydrogen) atoms. The van der Waals surface area contributed by atoms with Crippen molar-refractivity contribution in [1.29, 1.82) is 0 Å². The van der Waals surface area contributed by atoms with Crippen LogP contribution < -0.4 is 14.8 Å². The maximum Gasteiger partial charge on any atom is 0.240 e. The fourth-order valence-electron chi connectivity index (χ4n) is 4.07. The predicted molar refractivity (Wildman–Crippen MR) is 121 cm³/mol. The van der Waals surface area contributed by atoms with Crippen molar-refractivity contribution in [2.75, 3.05) is 19.0 Å². The second-order valence-electron chi connectivity index (χ2n) is 8.01. The molecule has 3 N–H and O–H groups in total. The first kappa shape index (κ1) is 21.4. The minimum Gasteiger partial charge on any atom is -0.497 e. The number of hydrogen-bond donors (Lipinski definition) is 3. The zero-order valence-electron chi connectivity index (χ0n) is 17.4. The number of carbonyl (C=O) groups is 1. The SMILES string of the molecule is COc1ccc(S(=O)(=O)NCC2CCC(C(=O)Nc3ccc4[nH]ccc4c3)CC2)cc1. The molecule has 1 fully saturated rings. The molecule has 0 radical (unpaired) electrons. The maximum atomic E-state index is 12.7. The number of H-pyrrole nitrogens is 1. The van der Waals surface area contributed by atoms with Gasteiger partial charge in [0.15, 0.2) is 0 Å². The number of hydrogen-bond acceptors (Lipinski definition) is 4. The number of rotatable bonds is 7. The Morgan fingerprint density at radius 1 is 1.06 bits per heavy atom. The number of amides is 1. The van der Waals surface area contributed by atoms with Gasteiger partial charge in [-0.3, -0.25) is 4.79 Å². The number of carbonyl (C=O) groups excluding carboxylic acids is 1. The first-order chi connectivity index (χ1) is 14.9. The van der Waals surface area contributed by atoms with E-state index in [1.807, 2.05) is 30.5 Å². The van der Waals surface area contributed by atoms with E-state index in [1.54, 1.807) is 19.2 Å². The predicted octanol–water partition coefficient (Wildman–Crippen LogP) is 3.90. The monoisotopic (exact) mass is 441 g/mol. The van der Waals surface area contributed by atoms with Crippen LogP contribution in [0, 0.1) is 11.8 Å². The van der Waals surface area contributed by atoms with E-state index in [2.05, 4.69) is 15.0 Å². The Morgan fingerprint density at radius 2 is 1.81 bits per heavy atom. The Morgan fingerprint density at radius 3 is 2.52 bits per heavy atom. The van der Waals surface area contributed by atoms with E-state index in [9.17, 15) is 13.2 Å². The Labute approximate surface area is 182 Å². The summed E-state index contributed by atoms with van der Waals surface area (Å²) in [5.41, 5.74) is 1.84. The van der Waals surface area contributed by atoms with Crippen LogP contribution in [0.15, 0.2) is 59.6 Å². The van der Waals surface area contributed by atoms with Gasteiger partial charge in [-0.2, -0.15) is 0 Å². The molecule has 1 saturated carbocycles. The summed E-state index contributed by atoms with van der Waals surface area (Å²) in [5.74, 6) is 0.834. The van der Waals surface area contributed by atoms with Gasteiger partial charge < -0.3 is 15.0 Å². The fraction of sp³-hybridized carbons (Fsp3) is 0.348. The van der Waals surface area contributed by atoms with Crippen molar-refractivity contribution in [2.24, 2.45) is 11.8 Å². The van der Waals surface area contributed by atoms with Gasteiger partial charge in [0.1, 0.15) is 5.75 Å². The van der Waals surface area contributed by atoms with Crippen LogP contribution in [-0.2, 0) is 14.8 Å². The lowest BCUT2D eigenvalue weighted by Crippen LogP contribution is -2.33. The lowest BCUT2D eigenvalue weighted by molar-refractivity contribution is -0.121. The van der Waals surface area contributed by atoms with Gasteiger partial charge in [-0.25, -0.2) is 13.1 Å². The van der Waals surface area contributed by atoms with Crippen LogP contribution in [0.2, 0.25) is 0 Å². The molecular weight excluding hydrogens is 414 g/mol. The average molecular weight is 442 g/mol. The van der Waals surface area contributed by atoms with Gasteiger partial charge in [0.25, 0.3) is 0 Å². The van der Waals surface area contributed by atoms with Crippen molar-refractivity contribution in [3.8, 4) is 5.75 Å². The molecule has 8 heteroatoms. The van der Waals surface area contributed by atoms with Crippen molar-refractivity contribution in [2.45, 2.75) is 30.6 Å². The number of aromatic nitrogens is 1. The quantitative estimate of drug-likeness (QED) is 0.518. The van der Waals surface area contributed by atoms with E-state index in [0.717, 1.165) is 42.3 Å². The highest BCUT2D eigenvalue weighted by Crippen LogP contribution is 2.30. The van der Waals surface area contributed by atoms with E-state index in [-0.39, 0.29) is 22.6 Å². The Balaban J connectivity index is 1.26. The number of methoxy groups -OCH3 is 1. The van der Waals surface area contributed by atoms with Crippen LogP contribution in [0.5, 0.6) is 5.75 Å². The Bertz CT molecular complexity index is 1150. The molecule has 0 bridgehead atoms. The third-order valence-electron chi connectivity index (χ3n) is 5.97. The summed E-state index contributed by atoms with van der Waals surface area (Å²) in [4.78, 5) is 16.0. The molecule has 4 rings (SSSR count). The lowest BCUT2D eigenvalue weighted by Gasteiger charge is -2.28. The summed E-state index contributed by atoms with van der Waals surface area (Å²) in [6, 6.07) is 14.1. The van der Waals surface area contributed by atoms with Crippen molar-refractivity contribution < 1.29 is 17.9 Å². The Hall–Kier alpha value is -2.84. The highest BCUT2D eigenvalue weighted by molar-refractivity contribution is 7.89. The second kappa shape index (κ2) is 9.11. The topological polar surface area (TPSA) is 100 Å². The van der Waals surface area contributed by atoms with Crippen LogP contribution in [0.4, 0.5) is 5.69 Å². The largest absolute Gasteiger partial charge is 0.497 e. The van der Waals surface area contributed by atoms with Gasteiger partial charge in [0.2, 0.25) is 15.9 Å². The third kappa shape index (κ3) is 5.08. The molecule has 3 aromatic rings. The molecule has 1 aromatic heterocycles. The van der Waals surface area contributed by atoms with E-state index >= 15 is 0 Å². The number of sulfonamides is 1. The van der Waals surface area contributed by atoms with Crippen molar-refractivity contribution in [3.63, 3.8) is 0 Å². The van der Waals surface area contributed by atoms with Gasteiger partial charge in [-0.15, -0.1) is 0 Å². The minimum absolute atomic E-state index is 0.0344. The van der Waals surface area contributed by atoms with Crippen molar-refractivity contribution in [1.82, 2.24) is 9.71 Å². The first-order valence-electron chi connectivity index (χ1n) is 10.5. The molecular formula is C23H27N3O4S. The molecule has 1 heterocycles. The van der Waals surface area contributed by atoms with E-state index in [0.29, 0.717) is 12.3 Å². The molecule has 0 spiro atoms. The summed E-state index contributed by atoms with van der Waals surface area (Å²) in [5, 5.41) is 4.08. The normalized spacial score (nSPS) is 19.3. The molecule has 0 aliphatic heterocycles. The summed E-state index contributed by atoms with van der Waals surface area (Å²) in [7, 11) is -2.02. The Kier molecular flexibility index (Phi) is 6.29. The van der Waals surface area contributed by atoms with E-state index in [1.165, 1.54) is 12.1 Å². The van der Waals surface area contributed by atoms with Gasteiger partial charge in [0.05, 0.1) is 12.0 Å². The number of anilines is 1. The number of nitrogens with one attached hydrogen (secondary N) is 3. The second-order valence-corrected chi connectivity index (χ2v) is 9.78. The standard InChI is InChI=1S/C23H27N3O4S/c1-30-20-7-9-21(10-8-20)31(28,29)25-15-16-2-4-17(5-3-16)23(27)26-19-6-11-22-18(14-19)12-13-24-22/h6-14,16-17,24-25H,2-5,15H2,1H3,(H,26,27). The summed E-state index contributed by atoms with van der Waals surface area (Å²) < 4.78 is 32.8. The molecule has 0 saturated heterocycles. The van der Waals surface area contributed by atoms with E-state index < -0.39 is 10.0 Å². The maximum absolute atomic E-state index is 12.7. The van der Waals surface area contributed by atoms with Crippen LogP contribution in [0.25, 0.3) is 10.9 Å². The van der Waals surface area contributed by atoms with Crippen LogP contribution in [0.1, 0.15) is 25.7 Å². The van der Waals surface area contributed by atoms with Gasteiger partial charge in [-0.1, -0.05) is 0 Å². The van der Waals surface area contributed by atoms with Crippen molar-refractivity contribution in [3.05, 3.63) is 54.7 Å². The molecule has 1 aliphatic carbocycles.